The Bertz CT molecular complexity index is 3430. The highest BCUT2D eigenvalue weighted by molar-refractivity contribution is 6.26. The average molecular weight is 687 g/mol. The first kappa shape index (κ1) is 29.4. The number of fused-ring (bicyclic) bond motifs is 12. The van der Waals surface area contributed by atoms with Crippen LogP contribution in [-0.2, 0) is 0 Å². The minimum absolute atomic E-state index is 0.841. The van der Waals surface area contributed by atoms with Gasteiger partial charge in [-0.3, -0.25) is 0 Å². The van der Waals surface area contributed by atoms with E-state index in [2.05, 4.69) is 170 Å². The number of para-hydroxylation sites is 1. The van der Waals surface area contributed by atoms with Crippen molar-refractivity contribution in [2.45, 2.75) is 0 Å². The van der Waals surface area contributed by atoms with Crippen molar-refractivity contribution in [3.63, 3.8) is 0 Å². The molecule has 0 saturated heterocycles. The van der Waals surface area contributed by atoms with Crippen molar-refractivity contribution in [2.75, 3.05) is 0 Å². The van der Waals surface area contributed by atoms with Gasteiger partial charge < -0.3 is 8.83 Å². The van der Waals surface area contributed by atoms with Gasteiger partial charge in [-0.05, 0) is 101 Å². The van der Waals surface area contributed by atoms with Crippen LogP contribution in [0.15, 0.2) is 191 Å². The maximum atomic E-state index is 6.80. The molecule has 0 spiro atoms. The topological polar surface area (TPSA) is 26.3 Å². The van der Waals surface area contributed by atoms with Gasteiger partial charge in [-0.2, -0.15) is 0 Å². The van der Waals surface area contributed by atoms with Gasteiger partial charge in [0.15, 0.2) is 0 Å². The summed E-state index contributed by atoms with van der Waals surface area (Å²) in [7, 11) is 0. The number of hydrogen-bond donors (Lipinski definition) is 0. The molecule has 0 unspecified atom stereocenters. The molecule has 0 bridgehead atoms. The van der Waals surface area contributed by atoms with Crippen LogP contribution in [0.25, 0.3) is 120 Å². The van der Waals surface area contributed by atoms with Crippen LogP contribution in [0.4, 0.5) is 0 Å². The Labute approximate surface area is 310 Å². The normalized spacial score (nSPS) is 12.1. The minimum atomic E-state index is 0.841. The Morgan fingerprint density at radius 3 is 1.54 bits per heavy atom. The average Bonchev–Trinajstić information content (AvgIpc) is 3.81. The smallest absolute Gasteiger partial charge is 0.147 e. The number of furan rings is 2. The Balaban J connectivity index is 1.06. The van der Waals surface area contributed by atoms with E-state index in [0.29, 0.717) is 0 Å². The quantitative estimate of drug-likeness (QED) is 0.173. The largest absolute Gasteiger partial charge is 0.456 e. The standard InChI is InChI=1S/C52H30O2/c1-2-12-34-29-35(26-21-31(34)11-1)49-39-16-6-4-14-37(39)48(38-15-5-7-17-40(38)49)33-24-22-32(23-25-33)44-30-45-42-27-28-47-50(43-19-9-10-20-46(43)53-47)52(42)54-51(45)41-18-8-3-13-36(41)44/h1-30H. The van der Waals surface area contributed by atoms with E-state index in [9.17, 15) is 0 Å². The van der Waals surface area contributed by atoms with Gasteiger partial charge in [-0.15, -0.1) is 0 Å². The van der Waals surface area contributed by atoms with Crippen LogP contribution < -0.4 is 0 Å². The van der Waals surface area contributed by atoms with Gasteiger partial charge in [0.25, 0.3) is 0 Å². The first-order valence-electron chi connectivity index (χ1n) is 18.5. The second-order valence-corrected chi connectivity index (χ2v) is 14.3. The highest BCUT2D eigenvalue weighted by Crippen LogP contribution is 2.46. The summed E-state index contributed by atoms with van der Waals surface area (Å²) in [6.45, 7) is 0. The summed E-state index contributed by atoms with van der Waals surface area (Å²) in [6.07, 6.45) is 0. The van der Waals surface area contributed by atoms with E-state index in [1.54, 1.807) is 0 Å². The molecule has 0 radical (unpaired) electrons. The van der Waals surface area contributed by atoms with E-state index in [-0.39, 0.29) is 0 Å². The minimum Gasteiger partial charge on any atom is -0.456 e. The van der Waals surface area contributed by atoms with Gasteiger partial charge in [0.2, 0.25) is 0 Å². The Morgan fingerprint density at radius 1 is 0.278 bits per heavy atom. The molecule has 0 saturated carbocycles. The summed E-state index contributed by atoms with van der Waals surface area (Å²) in [5.74, 6) is 0. The number of hydrogen-bond acceptors (Lipinski definition) is 2. The molecule has 0 atom stereocenters. The zero-order valence-electron chi connectivity index (χ0n) is 29.1. The van der Waals surface area contributed by atoms with Crippen LogP contribution in [0.1, 0.15) is 0 Å². The predicted octanol–water partition coefficient (Wildman–Crippen LogP) is 15.1. The van der Waals surface area contributed by atoms with Crippen molar-refractivity contribution in [1.82, 2.24) is 0 Å². The van der Waals surface area contributed by atoms with Gasteiger partial charge in [0, 0.05) is 21.5 Å². The highest BCUT2D eigenvalue weighted by atomic mass is 16.3. The lowest BCUT2D eigenvalue weighted by Gasteiger charge is -2.18. The van der Waals surface area contributed by atoms with Crippen LogP contribution in [0.2, 0.25) is 0 Å². The zero-order valence-corrected chi connectivity index (χ0v) is 29.1. The fourth-order valence-electron chi connectivity index (χ4n) is 9.01. The second kappa shape index (κ2) is 11.2. The van der Waals surface area contributed by atoms with Gasteiger partial charge in [-0.25, -0.2) is 0 Å². The number of rotatable bonds is 3. The van der Waals surface area contributed by atoms with Crippen molar-refractivity contribution >= 4 is 87.0 Å². The molecule has 12 rings (SSSR count). The second-order valence-electron chi connectivity index (χ2n) is 14.3. The molecule has 54 heavy (non-hydrogen) atoms. The third-order valence-corrected chi connectivity index (χ3v) is 11.4. The summed E-state index contributed by atoms with van der Waals surface area (Å²) in [5.41, 5.74) is 10.8. The lowest BCUT2D eigenvalue weighted by molar-refractivity contribution is 0.664. The fourth-order valence-corrected chi connectivity index (χ4v) is 9.01. The first-order chi connectivity index (χ1) is 26.8. The van der Waals surface area contributed by atoms with Crippen LogP contribution >= 0.6 is 0 Å². The number of benzene rings is 10. The zero-order chi connectivity index (χ0) is 35.3. The van der Waals surface area contributed by atoms with Crippen molar-refractivity contribution in [2.24, 2.45) is 0 Å². The SMILES string of the molecule is c1ccc2cc(-c3c4ccccc4c(-c4ccc(-c5cc6c7ccc8oc9ccccc9c8c7oc6c6ccccc56)cc4)c4ccccc34)ccc2c1. The fraction of sp³-hybridized carbons (Fsp3) is 0. The van der Waals surface area contributed by atoms with Crippen molar-refractivity contribution in [3.05, 3.63) is 182 Å². The molecule has 12 aromatic rings. The molecule has 2 nitrogen and oxygen atoms in total. The molecular weight excluding hydrogens is 657 g/mol. The Kier molecular flexibility index (Phi) is 6.09. The monoisotopic (exact) mass is 686 g/mol. The van der Waals surface area contributed by atoms with E-state index >= 15 is 0 Å². The molecule has 0 fully saturated rings. The van der Waals surface area contributed by atoms with Crippen LogP contribution in [0, 0.1) is 0 Å². The van der Waals surface area contributed by atoms with E-state index < -0.39 is 0 Å². The highest BCUT2D eigenvalue weighted by Gasteiger charge is 2.20. The lowest BCUT2D eigenvalue weighted by Crippen LogP contribution is -1.91. The van der Waals surface area contributed by atoms with Crippen LogP contribution in [0.5, 0.6) is 0 Å². The molecule has 2 heteroatoms. The maximum Gasteiger partial charge on any atom is 0.147 e. The Hall–Kier alpha value is -7.16. The first-order valence-corrected chi connectivity index (χ1v) is 18.5. The molecule has 250 valence electrons. The summed E-state index contributed by atoms with van der Waals surface area (Å²) < 4.78 is 13.0. The summed E-state index contributed by atoms with van der Waals surface area (Å²) in [4.78, 5) is 0. The van der Waals surface area contributed by atoms with E-state index in [1.807, 2.05) is 12.1 Å². The molecule has 2 heterocycles. The van der Waals surface area contributed by atoms with Crippen LogP contribution in [-0.4, -0.2) is 0 Å². The third kappa shape index (κ3) is 4.17. The van der Waals surface area contributed by atoms with E-state index in [1.165, 1.54) is 71.1 Å². The molecule has 0 N–H and O–H groups in total. The maximum absolute atomic E-state index is 6.80. The summed E-state index contributed by atoms with van der Waals surface area (Å²) >= 11 is 0. The molecule has 0 aliphatic heterocycles. The van der Waals surface area contributed by atoms with Crippen LogP contribution in [0.3, 0.4) is 0 Å². The van der Waals surface area contributed by atoms with Crippen molar-refractivity contribution < 1.29 is 8.83 Å². The molecule has 0 aliphatic rings. The molecule has 0 aliphatic carbocycles. The molecular formula is C52H30O2. The van der Waals surface area contributed by atoms with E-state index in [4.69, 9.17) is 8.83 Å². The lowest BCUT2D eigenvalue weighted by atomic mass is 9.85. The third-order valence-electron chi connectivity index (χ3n) is 11.4. The van der Waals surface area contributed by atoms with Gasteiger partial charge in [-0.1, -0.05) is 152 Å². The Morgan fingerprint density at radius 2 is 0.815 bits per heavy atom. The molecule has 0 amide bonds. The summed E-state index contributed by atoms with van der Waals surface area (Å²) in [5, 5.41) is 14.1. The van der Waals surface area contributed by atoms with Crippen molar-refractivity contribution in [1.29, 1.82) is 0 Å². The van der Waals surface area contributed by atoms with Gasteiger partial charge in [0.1, 0.15) is 22.3 Å². The summed E-state index contributed by atoms with van der Waals surface area (Å²) in [6, 6.07) is 65.7. The van der Waals surface area contributed by atoms with Crippen molar-refractivity contribution in [3.8, 4) is 33.4 Å². The molecule has 10 aromatic carbocycles. The van der Waals surface area contributed by atoms with Gasteiger partial charge >= 0.3 is 0 Å². The van der Waals surface area contributed by atoms with Gasteiger partial charge in [0.05, 0.1) is 5.39 Å². The molecule has 2 aromatic heterocycles. The predicted molar refractivity (Wildman–Crippen MR) is 227 cm³/mol. The van der Waals surface area contributed by atoms with E-state index in [0.717, 1.165) is 49.3 Å².